The van der Waals surface area contributed by atoms with Gasteiger partial charge in [-0.1, -0.05) is 30.0 Å². The van der Waals surface area contributed by atoms with Crippen LogP contribution in [0.4, 0.5) is 0 Å². The van der Waals surface area contributed by atoms with Gasteiger partial charge in [0.1, 0.15) is 0 Å². The van der Waals surface area contributed by atoms with Crippen LogP contribution in [0.3, 0.4) is 0 Å². The zero-order chi connectivity index (χ0) is 8.23. The molecule has 2 heteroatoms. The first-order valence-electron chi connectivity index (χ1n) is 3.73. The minimum Gasteiger partial charge on any atom is -0.356 e. The van der Waals surface area contributed by atoms with E-state index in [1.807, 2.05) is 30.5 Å². The second-order valence-corrected chi connectivity index (χ2v) is 3.45. The molecule has 0 unspecified atom stereocenters. The summed E-state index contributed by atoms with van der Waals surface area (Å²) in [6.07, 6.45) is 1.88. The van der Waals surface area contributed by atoms with Gasteiger partial charge in [0.2, 0.25) is 0 Å². The lowest BCUT2D eigenvalue weighted by molar-refractivity contribution is 1.19. The standard InChI is InChI=1S/C10H8NS/c1-2-5-9(6-3-1)12-10-7-4-8-11-10/h1-6,8,11H. The van der Waals surface area contributed by atoms with E-state index in [0.717, 1.165) is 5.03 Å². The molecule has 1 aromatic heterocycles. The molecule has 0 atom stereocenters. The molecule has 1 heterocycles. The molecule has 1 radical (unpaired) electrons. The van der Waals surface area contributed by atoms with Crippen LogP contribution in [-0.4, -0.2) is 4.98 Å². The molecule has 0 saturated carbocycles. The van der Waals surface area contributed by atoms with E-state index >= 15 is 0 Å². The van der Waals surface area contributed by atoms with E-state index in [2.05, 4.69) is 23.2 Å². The summed E-state index contributed by atoms with van der Waals surface area (Å²) in [6, 6.07) is 15.2. The third kappa shape index (κ3) is 1.71. The van der Waals surface area contributed by atoms with Crippen molar-refractivity contribution in [3.05, 3.63) is 48.7 Å². The topological polar surface area (TPSA) is 15.8 Å². The third-order valence-electron chi connectivity index (χ3n) is 1.48. The van der Waals surface area contributed by atoms with Crippen LogP contribution in [0, 0.1) is 6.07 Å². The highest BCUT2D eigenvalue weighted by Gasteiger charge is 1.94. The molecular formula is C10H8NS. The monoisotopic (exact) mass is 174 g/mol. The van der Waals surface area contributed by atoms with Crippen molar-refractivity contribution in [1.82, 2.24) is 4.98 Å². The third-order valence-corrected chi connectivity index (χ3v) is 2.42. The van der Waals surface area contributed by atoms with E-state index in [0.29, 0.717) is 0 Å². The van der Waals surface area contributed by atoms with Crippen LogP contribution in [0.2, 0.25) is 0 Å². The van der Waals surface area contributed by atoms with Gasteiger partial charge in [0, 0.05) is 17.2 Å². The van der Waals surface area contributed by atoms with Gasteiger partial charge in [-0.3, -0.25) is 0 Å². The van der Waals surface area contributed by atoms with E-state index in [1.165, 1.54) is 4.90 Å². The predicted octanol–water partition coefficient (Wildman–Crippen LogP) is 2.97. The predicted molar refractivity (Wildman–Crippen MR) is 50.2 cm³/mol. The summed E-state index contributed by atoms with van der Waals surface area (Å²) in [5.41, 5.74) is 0. The van der Waals surface area contributed by atoms with Crippen molar-refractivity contribution in [3.8, 4) is 0 Å². The second-order valence-electron chi connectivity index (χ2n) is 2.37. The van der Waals surface area contributed by atoms with E-state index < -0.39 is 0 Å². The average Bonchev–Trinajstić information content (AvgIpc) is 2.59. The van der Waals surface area contributed by atoms with Crippen LogP contribution >= 0.6 is 11.8 Å². The number of benzene rings is 1. The lowest BCUT2D eigenvalue weighted by Crippen LogP contribution is -1.70. The highest BCUT2D eigenvalue weighted by Crippen LogP contribution is 2.24. The van der Waals surface area contributed by atoms with Gasteiger partial charge in [0.15, 0.2) is 0 Å². The molecule has 12 heavy (non-hydrogen) atoms. The number of H-pyrrole nitrogens is 1. The number of hydrogen-bond donors (Lipinski definition) is 1. The maximum atomic E-state index is 3.09. The molecule has 0 aliphatic rings. The molecule has 0 spiro atoms. The van der Waals surface area contributed by atoms with Gasteiger partial charge in [-0.25, -0.2) is 0 Å². The number of aromatic amines is 1. The lowest BCUT2D eigenvalue weighted by Gasteiger charge is -1.95. The smallest absolute Gasteiger partial charge is 0.0850 e. The van der Waals surface area contributed by atoms with Gasteiger partial charge in [0.05, 0.1) is 5.03 Å². The minimum atomic E-state index is 1.06. The number of hydrogen-bond acceptors (Lipinski definition) is 1. The summed E-state index contributed by atoms with van der Waals surface area (Å²) < 4.78 is 0. The van der Waals surface area contributed by atoms with E-state index in [4.69, 9.17) is 0 Å². The molecule has 0 amide bonds. The maximum Gasteiger partial charge on any atom is 0.0850 e. The minimum absolute atomic E-state index is 1.06. The molecule has 0 fully saturated rings. The molecule has 0 bridgehead atoms. The maximum absolute atomic E-state index is 3.09. The SMILES string of the molecule is [c]1cc[nH]c1Sc1ccccc1. The van der Waals surface area contributed by atoms with Crippen molar-refractivity contribution in [2.24, 2.45) is 0 Å². The molecule has 0 saturated heterocycles. The van der Waals surface area contributed by atoms with Crippen LogP contribution in [0.25, 0.3) is 0 Å². The van der Waals surface area contributed by atoms with Crippen molar-refractivity contribution in [3.63, 3.8) is 0 Å². The normalized spacial score (nSPS) is 10.0. The first kappa shape index (κ1) is 7.50. The number of rotatable bonds is 2. The van der Waals surface area contributed by atoms with Gasteiger partial charge >= 0.3 is 0 Å². The molecule has 1 aromatic carbocycles. The summed E-state index contributed by atoms with van der Waals surface area (Å²) in [4.78, 5) is 4.33. The molecule has 59 valence electrons. The fraction of sp³-hybridized carbons (Fsp3) is 0. The van der Waals surface area contributed by atoms with Gasteiger partial charge in [-0.2, -0.15) is 0 Å². The summed E-state index contributed by atoms with van der Waals surface area (Å²) in [5.74, 6) is 0. The molecule has 2 aromatic rings. The van der Waals surface area contributed by atoms with Gasteiger partial charge in [-0.05, 0) is 18.2 Å². The summed E-state index contributed by atoms with van der Waals surface area (Å²) in [5, 5.41) is 1.06. The molecule has 1 N–H and O–H groups in total. The average molecular weight is 174 g/mol. The Kier molecular flexibility index (Phi) is 2.19. The van der Waals surface area contributed by atoms with Crippen molar-refractivity contribution in [2.45, 2.75) is 9.92 Å². The zero-order valence-corrected chi connectivity index (χ0v) is 7.27. The summed E-state index contributed by atoms with van der Waals surface area (Å²) >= 11 is 1.68. The molecule has 0 aliphatic carbocycles. The quantitative estimate of drug-likeness (QED) is 0.740. The van der Waals surface area contributed by atoms with Crippen molar-refractivity contribution in [1.29, 1.82) is 0 Å². The van der Waals surface area contributed by atoms with Crippen LogP contribution in [0.5, 0.6) is 0 Å². The van der Waals surface area contributed by atoms with E-state index in [-0.39, 0.29) is 0 Å². The fourth-order valence-corrected chi connectivity index (χ4v) is 1.72. The number of aromatic nitrogens is 1. The van der Waals surface area contributed by atoms with Crippen LogP contribution in [0.15, 0.2) is 52.5 Å². The molecule has 1 nitrogen and oxygen atoms in total. The molecule has 0 aliphatic heterocycles. The van der Waals surface area contributed by atoms with E-state index in [1.54, 1.807) is 11.8 Å². The second kappa shape index (κ2) is 3.50. The Morgan fingerprint density at radius 3 is 2.67 bits per heavy atom. The van der Waals surface area contributed by atoms with Crippen molar-refractivity contribution in [2.75, 3.05) is 0 Å². The Labute approximate surface area is 75.8 Å². The van der Waals surface area contributed by atoms with Crippen molar-refractivity contribution >= 4 is 11.8 Å². The first-order valence-corrected chi connectivity index (χ1v) is 4.55. The first-order chi connectivity index (χ1) is 5.95. The lowest BCUT2D eigenvalue weighted by atomic mass is 10.4. The van der Waals surface area contributed by atoms with E-state index in [9.17, 15) is 0 Å². The molecular weight excluding hydrogens is 166 g/mol. The fourth-order valence-electron chi connectivity index (χ4n) is 0.942. The Balaban J connectivity index is 2.15. The van der Waals surface area contributed by atoms with Crippen molar-refractivity contribution < 1.29 is 0 Å². The Bertz CT molecular complexity index is 326. The Hall–Kier alpha value is -1.15. The van der Waals surface area contributed by atoms with Crippen LogP contribution < -0.4 is 0 Å². The van der Waals surface area contributed by atoms with Crippen LogP contribution in [-0.2, 0) is 0 Å². The molecule has 2 rings (SSSR count). The Morgan fingerprint density at radius 1 is 1.17 bits per heavy atom. The summed E-state index contributed by atoms with van der Waals surface area (Å²) in [7, 11) is 0. The van der Waals surface area contributed by atoms with Gasteiger partial charge in [-0.15, -0.1) is 0 Å². The highest BCUT2D eigenvalue weighted by molar-refractivity contribution is 7.99. The van der Waals surface area contributed by atoms with Gasteiger partial charge in [0.25, 0.3) is 0 Å². The summed E-state index contributed by atoms with van der Waals surface area (Å²) in [6.45, 7) is 0. The largest absolute Gasteiger partial charge is 0.356 e. The number of nitrogens with one attached hydrogen (secondary N) is 1. The van der Waals surface area contributed by atoms with Crippen LogP contribution in [0.1, 0.15) is 0 Å². The Morgan fingerprint density at radius 2 is 2.00 bits per heavy atom. The zero-order valence-electron chi connectivity index (χ0n) is 6.45. The van der Waals surface area contributed by atoms with Gasteiger partial charge < -0.3 is 4.98 Å². The highest BCUT2D eigenvalue weighted by atomic mass is 32.2.